The molecule has 3 rings (SSSR count). The van der Waals surface area contributed by atoms with Gasteiger partial charge in [0.2, 0.25) is 0 Å². The van der Waals surface area contributed by atoms with Crippen molar-refractivity contribution >= 4 is 77.4 Å². The molecule has 0 aromatic heterocycles. The Kier molecular flexibility index (Phi) is 4.79. The second-order valence-corrected chi connectivity index (χ2v) is 9.40. The Morgan fingerprint density at radius 3 is 2.60 bits per heavy atom. The second-order valence-electron chi connectivity index (χ2n) is 5.32. The Labute approximate surface area is 161 Å². The van der Waals surface area contributed by atoms with Crippen LogP contribution in [0.3, 0.4) is 0 Å². The van der Waals surface area contributed by atoms with Crippen LogP contribution in [-0.2, 0) is 19.7 Å². The Hall–Kier alpha value is -1.27. The summed E-state index contributed by atoms with van der Waals surface area (Å²) in [5.41, 5.74) is 1.48. The third-order valence-corrected chi connectivity index (χ3v) is 6.37. The number of rotatable bonds is 3. The SMILES string of the molecule is CN1C(=O)/C(=C2\SC(=S)N(CCS(=O)(=O)[O-])C2=O)c2cc(Br)ccc21. The van der Waals surface area contributed by atoms with Crippen LogP contribution in [0.1, 0.15) is 5.56 Å². The van der Waals surface area contributed by atoms with Crippen molar-refractivity contribution in [1.82, 2.24) is 4.90 Å². The third-order valence-electron chi connectivity index (χ3n) is 3.75. The van der Waals surface area contributed by atoms with Gasteiger partial charge in [-0.3, -0.25) is 14.5 Å². The number of fused-ring (bicyclic) bond motifs is 1. The molecule has 2 aliphatic rings. The van der Waals surface area contributed by atoms with E-state index in [1.54, 1.807) is 25.2 Å². The molecule has 25 heavy (non-hydrogen) atoms. The predicted molar refractivity (Wildman–Crippen MR) is 101 cm³/mol. The van der Waals surface area contributed by atoms with Crippen LogP contribution >= 0.6 is 39.9 Å². The molecule has 2 amide bonds. The van der Waals surface area contributed by atoms with Crippen LogP contribution in [0.25, 0.3) is 5.57 Å². The molecule has 0 aliphatic carbocycles. The standard InChI is InChI=1S/C14H11BrN2O5S3/c1-16-9-3-2-7(15)6-8(9)10(12(16)18)11-13(19)17(14(23)24-11)4-5-25(20,21)22/h2-3,6H,4-5H2,1H3,(H,20,21,22)/p-1/b11-10-. The maximum Gasteiger partial charge on any atom is 0.267 e. The lowest BCUT2D eigenvalue weighted by Gasteiger charge is -2.15. The zero-order chi connectivity index (χ0) is 18.5. The minimum Gasteiger partial charge on any atom is -0.748 e. The van der Waals surface area contributed by atoms with Crippen LogP contribution in [0.5, 0.6) is 0 Å². The summed E-state index contributed by atoms with van der Waals surface area (Å²) in [5, 5.41) is 0. The van der Waals surface area contributed by atoms with E-state index in [0.29, 0.717) is 11.3 Å². The average molecular weight is 462 g/mol. The van der Waals surface area contributed by atoms with E-state index >= 15 is 0 Å². The molecular weight excluding hydrogens is 452 g/mol. The first-order chi connectivity index (χ1) is 11.6. The zero-order valence-corrected chi connectivity index (χ0v) is 16.7. The maximum absolute atomic E-state index is 12.6. The number of thiocarbonyl (C=S) groups is 1. The van der Waals surface area contributed by atoms with Gasteiger partial charge in [-0.2, -0.15) is 0 Å². The predicted octanol–water partition coefficient (Wildman–Crippen LogP) is 1.54. The molecule has 132 valence electrons. The fourth-order valence-electron chi connectivity index (χ4n) is 2.56. The summed E-state index contributed by atoms with van der Waals surface area (Å²) >= 11 is 9.39. The molecule has 1 fully saturated rings. The van der Waals surface area contributed by atoms with Crippen LogP contribution < -0.4 is 4.90 Å². The minimum atomic E-state index is -4.48. The number of amides is 2. The molecular formula is C14H10BrN2O5S3-. The van der Waals surface area contributed by atoms with Crippen LogP contribution in [0.2, 0.25) is 0 Å². The molecule has 1 saturated heterocycles. The zero-order valence-electron chi connectivity index (χ0n) is 12.7. The van der Waals surface area contributed by atoms with Gasteiger partial charge in [-0.1, -0.05) is 39.9 Å². The van der Waals surface area contributed by atoms with Crippen molar-refractivity contribution in [1.29, 1.82) is 0 Å². The van der Waals surface area contributed by atoms with Crippen molar-refractivity contribution in [3.63, 3.8) is 0 Å². The van der Waals surface area contributed by atoms with E-state index in [1.165, 1.54) is 4.90 Å². The van der Waals surface area contributed by atoms with E-state index < -0.39 is 21.8 Å². The number of hydrogen-bond donors (Lipinski definition) is 0. The third kappa shape index (κ3) is 3.38. The van der Waals surface area contributed by atoms with Gasteiger partial charge in [0.15, 0.2) is 0 Å². The Morgan fingerprint density at radius 2 is 1.96 bits per heavy atom. The van der Waals surface area contributed by atoms with Crippen LogP contribution in [0.4, 0.5) is 5.69 Å². The number of nitrogens with zero attached hydrogens (tertiary/aromatic N) is 2. The number of likely N-dealkylation sites (N-methyl/N-ethyl adjacent to an activating group) is 1. The summed E-state index contributed by atoms with van der Waals surface area (Å²) in [6, 6.07) is 5.28. The van der Waals surface area contributed by atoms with Gasteiger partial charge in [0, 0.05) is 23.6 Å². The molecule has 7 nitrogen and oxygen atoms in total. The van der Waals surface area contributed by atoms with Crippen LogP contribution in [-0.4, -0.2) is 53.4 Å². The molecule has 11 heteroatoms. The Bertz CT molecular complexity index is 957. The first kappa shape index (κ1) is 18.5. The highest BCUT2D eigenvalue weighted by atomic mass is 79.9. The fraction of sp³-hybridized carbons (Fsp3) is 0.214. The highest BCUT2D eigenvalue weighted by Crippen LogP contribution is 2.44. The van der Waals surface area contributed by atoms with Gasteiger partial charge < -0.3 is 9.45 Å². The largest absolute Gasteiger partial charge is 0.748 e. The summed E-state index contributed by atoms with van der Waals surface area (Å²) in [4.78, 5) is 27.9. The van der Waals surface area contributed by atoms with Crippen molar-refractivity contribution in [2.45, 2.75) is 0 Å². The lowest BCUT2D eigenvalue weighted by atomic mass is 10.1. The number of thioether (sulfide) groups is 1. The van der Waals surface area contributed by atoms with Gasteiger partial charge in [0.05, 0.1) is 32.0 Å². The molecule has 0 N–H and O–H groups in total. The number of benzene rings is 1. The summed E-state index contributed by atoms with van der Waals surface area (Å²) in [6.45, 7) is -0.331. The van der Waals surface area contributed by atoms with Gasteiger partial charge >= 0.3 is 0 Å². The van der Waals surface area contributed by atoms with Crippen molar-refractivity contribution in [2.24, 2.45) is 0 Å². The molecule has 0 radical (unpaired) electrons. The number of carbonyl (C=O) groups is 2. The van der Waals surface area contributed by atoms with E-state index in [1.807, 2.05) is 0 Å². The molecule has 0 saturated carbocycles. The first-order valence-corrected chi connectivity index (χ1v) is 10.5. The first-order valence-electron chi connectivity index (χ1n) is 6.89. The van der Waals surface area contributed by atoms with E-state index in [9.17, 15) is 22.6 Å². The number of carbonyl (C=O) groups excluding carboxylic acids is 2. The molecule has 2 aliphatic heterocycles. The van der Waals surface area contributed by atoms with E-state index in [0.717, 1.165) is 21.1 Å². The van der Waals surface area contributed by atoms with Crippen molar-refractivity contribution in [2.75, 3.05) is 24.2 Å². The highest BCUT2D eigenvalue weighted by Gasteiger charge is 2.41. The van der Waals surface area contributed by atoms with Crippen molar-refractivity contribution in [3.8, 4) is 0 Å². The van der Waals surface area contributed by atoms with Crippen LogP contribution in [0.15, 0.2) is 27.6 Å². The molecule has 2 heterocycles. The van der Waals surface area contributed by atoms with Gasteiger partial charge in [0.25, 0.3) is 11.8 Å². The lowest BCUT2D eigenvalue weighted by molar-refractivity contribution is -0.122. The number of hydrogen-bond acceptors (Lipinski definition) is 7. The molecule has 0 spiro atoms. The van der Waals surface area contributed by atoms with Gasteiger partial charge in [-0.05, 0) is 18.2 Å². The molecule has 0 unspecified atom stereocenters. The summed E-state index contributed by atoms with van der Waals surface area (Å²) in [6.07, 6.45) is 0. The molecule has 1 aromatic rings. The topological polar surface area (TPSA) is 97.8 Å². The smallest absolute Gasteiger partial charge is 0.267 e. The summed E-state index contributed by atoms with van der Waals surface area (Å²) in [5.74, 6) is -1.65. The second kappa shape index (κ2) is 6.47. The number of halogens is 1. The molecule has 0 atom stereocenters. The monoisotopic (exact) mass is 461 g/mol. The summed E-state index contributed by atoms with van der Waals surface area (Å²) < 4.78 is 33.3. The van der Waals surface area contributed by atoms with Crippen molar-refractivity contribution < 1.29 is 22.6 Å². The van der Waals surface area contributed by atoms with E-state index in [2.05, 4.69) is 15.9 Å². The lowest BCUT2D eigenvalue weighted by Crippen LogP contribution is -2.33. The molecule has 1 aromatic carbocycles. The van der Waals surface area contributed by atoms with Crippen LogP contribution in [0, 0.1) is 0 Å². The Morgan fingerprint density at radius 1 is 1.28 bits per heavy atom. The molecule has 0 bridgehead atoms. The normalized spacial score (nSPS) is 20.7. The minimum absolute atomic E-state index is 0.120. The summed E-state index contributed by atoms with van der Waals surface area (Å²) in [7, 11) is -2.87. The van der Waals surface area contributed by atoms with Gasteiger partial charge in [-0.15, -0.1) is 0 Å². The van der Waals surface area contributed by atoms with Gasteiger partial charge in [0.1, 0.15) is 4.32 Å². The highest BCUT2D eigenvalue weighted by molar-refractivity contribution is 9.10. The maximum atomic E-state index is 12.6. The number of anilines is 1. The quantitative estimate of drug-likeness (QED) is 0.382. The van der Waals surface area contributed by atoms with Gasteiger partial charge in [-0.25, -0.2) is 8.42 Å². The van der Waals surface area contributed by atoms with Crippen molar-refractivity contribution in [3.05, 3.63) is 33.1 Å². The fourth-order valence-corrected chi connectivity index (χ4v) is 4.71. The average Bonchev–Trinajstić information content (AvgIpc) is 2.91. The van der Waals surface area contributed by atoms with E-state index in [4.69, 9.17) is 12.2 Å². The Balaban J connectivity index is 2.04. The van der Waals surface area contributed by atoms with E-state index in [-0.39, 0.29) is 27.3 Å².